The van der Waals surface area contributed by atoms with Gasteiger partial charge < -0.3 is 5.11 Å². The number of fused-ring (bicyclic) bond motifs is 1. The molecule has 0 saturated carbocycles. The number of carboxylic acids is 1. The van der Waals surface area contributed by atoms with E-state index in [1.165, 1.54) is 18.7 Å². The van der Waals surface area contributed by atoms with E-state index in [-0.39, 0.29) is 0 Å². The number of halogens is 4. The zero-order valence-electron chi connectivity index (χ0n) is 8.52. The van der Waals surface area contributed by atoms with Crippen molar-refractivity contribution in [1.82, 2.24) is 15.0 Å². The van der Waals surface area contributed by atoms with Gasteiger partial charge >= 0.3 is 12.1 Å². The van der Waals surface area contributed by atoms with E-state index in [4.69, 9.17) is 9.90 Å². The van der Waals surface area contributed by atoms with Crippen LogP contribution in [0.3, 0.4) is 0 Å². The van der Waals surface area contributed by atoms with Crippen molar-refractivity contribution in [2.45, 2.75) is 6.18 Å². The highest BCUT2D eigenvalue weighted by molar-refractivity contribution is 5.76. The summed E-state index contributed by atoms with van der Waals surface area (Å²) < 4.78 is 44.6. The molecule has 0 saturated heterocycles. The molecule has 0 aliphatic heterocycles. The van der Waals surface area contributed by atoms with Crippen LogP contribution in [0.2, 0.25) is 0 Å². The van der Waals surface area contributed by atoms with Crippen LogP contribution < -0.4 is 0 Å². The maximum absolute atomic E-state index is 12.8. The Balaban J connectivity index is 0.000000203. The molecule has 0 atom stereocenters. The molecule has 2 aromatic heterocycles. The van der Waals surface area contributed by atoms with Crippen LogP contribution in [0.25, 0.3) is 10.9 Å². The van der Waals surface area contributed by atoms with E-state index in [0.717, 1.165) is 6.20 Å². The molecular formula is C9H5F4N3O2. The van der Waals surface area contributed by atoms with Gasteiger partial charge in [0.2, 0.25) is 0 Å². The van der Waals surface area contributed by atoms with Crippen LogP contribution >= 0.6 is 0 Å². The fourth-order valence-corrected chi connectivity index (χ4v) is 0.879. The van der Waals surface area contributed by atoms with Gasteiger partial charge in [-0.1, -0.05) is 0 Å². The maximum Gasteiger partial charge on any atom is 0.490 e. The molecule has 0 spiro atoms. The second kappa shape index (κ2) is 5.34. The molecule has 18 heavy (non-hydrogen) atoms. The van der Waals surface area contributed by atoms with E-state index in [9.17, 15) is 17.6 Å². The fraction of sp³-hybridized carbons (Fsp3) is 0.111. The van der Waals surface area contributed by atoms with Gasteiger partial charge in [0.05, 0.1) is 6.20 Å². The monoisotopic (exact) mass is 263 g/mol. The van der Waals surface area contributed by atoms with Crippen molar-refractivity contribution in [1.29, 1.82) is 0 Å². The summed E-state index contributed by atoms with van der Waals surface area (Å²) in [5.41, 5.74) is 0.315. The Kier molecular flexibility index (Phi) is 4.08. The largest absolute Gasteiger partial charge is 0.490 e. The number of nitrogens with zero attached hydrogens (tertiary/aromatic N) is 3. The third-order valence-electron chi connectivity index (χ3n) is 1.61. The molecular weight excluding hydrogens is 258 g/mol. The summed E-state index contributed by atoms with van der Waals surface area (Å²) in [7, 11) is 0. The first-order valence-corrected chi connectivity index (χ1v) is 4.31. The molecule has 0 unspecified atom stereocenters. The van der Waals surface area contributed by atoms with Crippen LogP contribution in [0, 0.1) is 5.82 Å². The fourth-order valence-electron chi connectivity index (χ4n) is 0.879. The second-order valence-electron chi connectivity index (χ2n) is 2.88. The van der Waals surface area contributed by atoms with Crippen LogP contribution in [-0.4, -0.2) is 32.2 Å². The van der Waals surface area contributed by atoms with Crippen LogP contribution in [0.1, 0.15) is 0 Å². The number of carboxylic acid groups (broad SMARTS) is 1. The molecule has 0 aliphatic carbocycles. The lowest BCUT2D eigenvalue weighted by atomic mass is 10.3. The first-order chi connectivity index (χ1) is 8.32. The maximum atomic E-state index is 12.8. The van der Waals surface area contributed by atoms with Crippen molar-refractivity contribution >= 4 is 16.9 Å². The van der Waals surface area contributed by atoms with Gasteiger partial charge in [0.25, 0.3) is 0 Å². The zero-order chi connectivity index (χ0) is 13.8. The average Bonchev–Trinajstić information content (AvgIpc) is 2.29. The number of rotatable bonds is 0. The van der Waals surface area contributed by atoms with Crippen molar-refractivity contribution < 1.29 is 27.5 Å². The SMILES string of the molecule is Fc1cncc2cncnc12.O=C(O)C(F)(F)F. The Hall–Kier alpha value is -2.32. The smallest absolute Gasteiger partial charge is 0.475 e. The predicted octanol–water partition coefficient (Wildman–Crippen LogP) is 1.80. The Morgan fingerprint density at radius 1 is 1.17 bits per heavy atom. The van der Waals surface area contributed by atoms with E-state index in [0.29, 0.717) is 10.9 Å². The number of pyridine rings is 1. The number of hydrogen-bond acceptors (Lipinski definition) is 4. The summed E-state index contributed by atoms with van der Waals surface area (Å²) in [5, 5.41) is 7.74. The van der Waals surface area contributed by atoms with Gasteiger partial charge in [-0.05, 0) is 0 Å². The van der Waals surface area contributed by atoms with Crippen LogP contribution in [0.5, 0.6) is 0 Å². The van der Waals surface area contributed by atoms with Crippen molar-refractivity contribution in [3.8, 4) is 0 Å². The minimum absolute atomic E-state index is 0.315. The Morgan fingerprint density at radius 2 is 1.72 bits per heavy atom. The number of carbonyl (C=O) groups is 1. The van der Waals surface area contributed by atoms with E-state index < -0.39 is 18.0 Å². The van der Waals surface area contributed by atoms with Crippen molar-refractivity contribution in [2.75, 3.05) is 0 Å². The van der Waals surface area contributed by atoms with Gasteiger partial charge in [-0.3, -0.25) is 4.98 Å². The molecule has 2 rings (SSSR count). The number of aliphatic carboxylic acids is 1. The minimum Gasteiger partial charge on any atom is -0.475 e. The van der Waals surface area contributed by atoms with Gasteiger partial charge in [0.15, 0.2) is 5.82 Å². The van der Waals surface area contributed by atoms with Crippen molar-refractivity contribution in [2.24, 2.45) is 0 Å². The Labute approximate surface area is 97.1 Å². The first-order valence-electron chi connectivity index (χ1n) is 4.31. The molecule has 5 nitrogen and oxygen atoms in total. The Bertz CT molecular complexity index is 553. The second-order valence-corrected chi connectivity index (χ2v) is 2.88. The van der Waals surface area contributed by atoms with Gasteiger partial charge in [0, 0.05) is 17.8 Å². The number of alkyl halides is 3. The molecule has 9 heteroatoms. The van der Waals surface area contributed by atoms with E-state index in [1.807, 2.05) is 0 Å². The molecule has 0 aromatic carbocycles. The average molecular weight is 263 g/mol. The van der Waals surface area contributed by atoms with Gasteiger partial charge in [-0.25, -0.2) is 19.2 Å². The Morgan fingerprint density at radius 3 is 2.22 bits per heavy atom. The number of hydrogen-bond donors (Lipinski definition) is 1. The summed E-state index contributed by atoms with van der Waals surface area (Å²) in [6.07, 6.45) is 0.414. The quantitative estimate of drug-likeness (QED) is 0.733. The normalized spacial score (nSPS) is 10.7. The van der Waals surface area contributed by atoms with E-state index in [1.54, 1.807) is 0 Å². The summed E-state index contributed by atoms with van der Waals surface area (Å²) in [6, 6.07) is 0. The van der Waals surface area contributed by atoms with Gasteiger partial charge in [-0.15, -0.1) is 0 Å². The van der Waals surface area contributed by atoms with E-state index in [2.05, 4.69) is 15.0 Å². The molecule has 96 valence electrons. The predicted molar refractivity (Wildman–Crippen MR) is 51.0 cm³/mol. The third-order valence-corrected chi connectivity index (χ3v) is 1.61. The third kappa shape index (κ3) is 3.61. The van der Waals surface area contributed by atoms with E-state index >= 15 is 0 Å². The molecule has 0 fully saturated rings. The van der Waals surface area contributed by atoms with Gasteiger partial charge in [0.1, 0.15) is 11.8 Å². The van der Waals surface area contributed by atoms with Crippen LogP contribution in [0.4, 0.5) is 17.6 Å². The molecule has 0 radical (unpaired) electrons. The summed E-state index contributed by atoms with van der Waals surface area (Å²) in [4.78, 5) is 20.0. The highest BCUT2D eigenvalue weighted by Crippen LogP contribution is 2.13. The highest BCUT2D eigenvalue weighted by Gasteiger charge is 2.38. The van der Waals surface area contributed by atoms with Crippen molar-refractivity contribution in [3.05, 3.63) is 30.7 Å². The summed E-state index contributed by atoms with van der Waals surface area (Å²) >= 11 is 0. The molecule has 2 heterocycles. The standard InChI is InChI=1S/C7H4FN3.C2HF3O2/c8-6-3-9-1-5-2-10-4-11-7(5)6;3-2(4,5)1(6)7/h1-4H;(H,6,7). The lowest BCUT2D eigenvalue weighted by Crippen LogP contribution is -2.21. The summed E-state index contributed by atoms with van der Waals surface area (Å²) in [5.74, 6) is -3.17. The number of aromatic nitrogens is 3. The molecule has 2 aromatic rings. The summed E-state index contributed by atoms with van der Waals surface area (Å²) in [6.45, 7) is 0. The zero-order valence-corrected chi connectivity index (χ0v) is 8.52. The topological polar surface area (TPSA) is 76.0 Å². The molecule has 0 amide bonds. The molecule has 1 N–H and O–H groups in total. The minimum atomic E-state index is -5.08. The lowest BCUT2D eigenvalue weighted by molar-refractivity contribution is -0.192. The molecule has 0 aliphatic rings. The lowest BCUT2D eigenvalue weighted by Gasteiger charge is -1.93. The van der Waals surface area contributed by atoms with Gasteiger partial charge in [-0.2, -0.15) is 13.2 Å². The molecule has 0 bridgehead atoms. The van der Waals surface area contributed by atoms with Crippen LogP contribution in [0.15, 0.2) is 24.9 Å². The van der Waals surface area contributed by atoms with Crippen molar-refractivity contribution in [3.63, 3.8) is 0 Å². The van der Waals surface area contributed by atoms with Crippen LogP contribution in [-0.2, 0) is 4.79 Å². The highest BCUT2D eigenvalue weighted by atomic mass is 19.4. The first kappa shape index (κ1) is 13.7.